The predicted molar refractivity (Wildman–Crippen MR) is 61.3 cm³/mol. The van der Waals surface area contributed by atoms with Crippen molar-refractivity contribution in [3.8, 4) is 0 Å². The van der Waals surface area contributed by atoms with Gasteiger partial charge in [0, 0.05) is 6.04 Å². The zero-order valence-electron chi connectivity index (χ0n) is 9.71. The van der Waals surface area contributed by atoms with Crippen LogP contribution in [0, 0.1) is 0 Å². The molecule has 0 fully saturated rings. The van der Waals surface area contributed by atoms with Crippen LogP contribution in [0.3, 0.4) is 0 Å². The summed E-state index contributed by atoms with van der Waals surface area (Å²) in [6.45, 7) is 5.76. The summed E-state index contributed by atoms with van der Waals surface area (Å²) in [7, 11) is -1.11. The molecule has 0 spiro atoms. The summed E-state index contributed by atoms with van der Waals surface area (Å²) in [5, 5.41) is 2.69. The summed E-state index contributed by atoms with van der Waals surface area (Å²) in [5.74, 6) is 0.327. The van der Waals surface area contributed by atoms with Gasteiger partial charge >= 0.3 is 0 Å². The highest BCUT2D eigenvalue weighted by Gasteiger charge is 2.24. The van der Waals surface area contributed by atoms with Gasteiger partial charge in [-0.1, -0.05) is 19.8 Å². The minimum atomic E-state index is -2.91. The fraction of sp³-hybridized carbons (Fsp3) is 1.00. The standard InChI is InChI=1S/C10H23NO2S/c1-5-6-7-8-14(12,13)10(3)9(2)11-4/h9-11H,5-8H2,1-4H3. The summed E-state index contributed by atoms with van der Waals surface area (Å²) >= 11 is 0. The van der Waals surface area contributed by atoms with Crippen molar-refractivity contribution in [2.24, 2.45) is 0 Å². The Morgan fingerprint density at radius 3 is 2.21 bits per heavy atom. The summed E-state index contributed by atoms with van der Waals surface area (Å²) in [6, 6.07) is 0.0293. The molecule has 0 aliphatic rings. The number of nitrogens with one attached hydrogen (secondary N) is 1. The maximum Gasteiger partial charge on any atom is 0.154 e. The monoisotopic (exact) mass is 221 g/mol. The SMILES string of the molecule is CCCCCS(=O)(=O)C(C)C(C)NC. The molecule has 0 aromatic carbocycles. The molecule has 0 aliphatic carbocycles. The topological polar surface area (TPSA) is 46.2 Å². The number of hydrogen-bond acceptors (Lipinski definition) is 3. The van der Waals surface area contributed by atoms with Crippen LogP contribution >= 0.6 is 0 Å². The molecule has 0 aromatic rings. The minimum Gasteiger partial charge on any atom is -0.316 e. The van der Waals surface area contributed by atoms with E-state index in [9.17, 15) is 8.42 Å². The van der Waals surface area contributed by atoms with E-state index in [0.29, 0.717) is 5.75 Å². The minimum absolute atomic E-state index is 0.0293. The molecule has 0 amide bonds. The molecule has 0 aliphatic heterocycles. The molecule has 0 saturated carbocycles. The highest BCUT2D eigenvalue weighted by atomic mass is 32.2. The third-order valence-electron chi connectivity index (χ3n) is 2.76. The summed E-state index contributed by atoms with van der Waals surface area (Å²) in [5.41, 5.74) is 0. The zero-order chi connectivity index (χ0) is 11.2. The van der Waals surface area contributed by atoms with Gasteiger partial charge in [-0.15, -0.1) is 0 Å². The molecule has 0 rings (SSSR count). The third kappa shape index (κ3) is 4.42. The zero-order valence-corrected chi connectivity index (χ0v) is 10.5. The Labute approximate surface area is 88.2 Å². The van der Waals surface area contributed by atoms with Gasteiger partial charge < -0.3 is 5.32 Å². The molecule has 0 bridgehead atoms. The van der Waals surface area contributed by atoms with Crippen LogP contribution in [0.15, 0.2) is 0 Å². The van der Waals surface area contributed by atoms with Crippen LogP contribution in [0.1, 0.15) is 40.0 Å². The van der Waals surface area contributed by atoms with Crippen molar-refractivity contribution < 1.29 is 8.42 Å². The predicted octanol–water partition coefficient (Wildman–Crippen LogP) is 1.59. The lowest BCUT2D eigenvalue weighted by Gasteiger charge is -2.19. The molecule has 0 radical (unpaired) electrons. The van der Waals surface area contributed by atoms with Crippen LogP contribution in [0.5, 0.6) is 0 Å². The number of sulfone groups is 1. The molecule has 86 valence electrons. The van der Waals surface area contributed by atoms with Crippen molar-refractivity contribution in [1.82, 2.24) is 5.32 Å². The molecule has 2 atom stereocenters. The molecular weight excluding hydrogens is 198 g/mol. The molecule has 0 heterocycles. The Hall–Kier alpha value is -0.0900. The number of unbranched alkanes of at least 4 members (excludes halogenated alkanes) is 2. The maximum atomic E-state index is 11.8. The normalized spacial score (nSPS) is 16.6. The van der Waals surface area contributed by atoms with Crippen molar-refractivity contribution in [3.63, 3.8) is 0 Å². The lowest BCUT2D eigenvalue weighted by atomic mass is 10.3. The molecule has 0 aromatic heterocycles. The van der Waals surface area contributed by atoms with Gasteiger partial charge in [-0.3, -0.25) is 0 Å². The second-order valence-electron chi connectivity index (χ2n) is 3.86. The van der Waals surface area contributed by atoms with Gasteiger partial charge in [-0.2, -0.15) is 0 Å². The first kappa shape index (κ1) is 13.9. The van der Waals surface area contributed by atoms with Crippen LogP contribution in [0.2, 0.25) is 0 Å². The first-order valence-electron chi connectivity index (χ1n) is 5.34. The Balaban J connectivity index is 4.17. The van der Waals surface area contributed by atoms with E-state index < -0.39 is 9.84 Å². The van der Waals surface area contributed by atoms with Gasteiger partial charge in [0.1, 0.15) is 0 Å². The largest absolute Gasteiger partial charge is 0.316 e. The molecule has 2 unspecified atom stereocenters. The van der Waals surface area contributed by atoms with E-state index in [2.05, 4.69) is 12.2 Å². The molecule has 4 heteroatoms. The smallest absolute Gasteiger partial charge is 0.154 e. The number of rotatable bonds is 7. The van der Waals surface area contributed by atoms with E-state index in [1.54, 1.807) is 14.0 Å². The third-order valence-corrected chi connectivity index (χ3v) is 5.16. The summed E-state index contributed by atoms with van der Waals surface area (Å²) < 4.78 is 23.5. The van der Waals surface area contributed by atoms with Crippen LogP contribution in [0.25, 0.3) is 0 Å². The van der Waals surface area contributed by atoms with E-state index in [0.717, 1.165) is 19.3 Å². The average molecular weight is 221 g/mol. The average Bonchev–Trinajstić information content (AvgIpc) is 2.15. The highest BCUT2D eigenvalue weighted by molar-refractivity contribution is 7.92. The van der Waals surface area contributed by atoms with Gasteiger partial charge in [0.05, 0.1) is 11.0 Å². The molecule has 1 N–H and O–H groups in total. The van der Waals surface area contributed by atoms with E-state index >= 15 is 0 Å². The van der Waals surface area contributed by atoms with Crippen LogP contribution in [-0.2, 0) is 9.84 Å². The quantitative estimate of drug-likeness (QED) is 0.664. The van der Waals surface area contributed by atoms with Gasteiger partial charge in [0.2, 0.25) is 0 Å². The van der Waals surface area contributed by atoms with Crippen LogP contribution < -0.4 is 5.32 Å². The van der Waals surface area contributed by atoms with E-state index in [-0.39, 0.29) is 11.3 Å². The van der Waals surface area contributed by atoms with Gasteiger partial charge in [0.15, 0.2) is 9.84 Å². The van der Waals surface area contributed by atoms with Crippen molar-refractivity contribution in [2.45, 2.75) is 51.3 Å². The van der Waals surface area contributed by atoms with Crippen molar-refractivity contribution in [2.75, 3.05) is 12.8 Å². The molecule has 14 heavy (non-hydrogen) atoms. The molecule has 3 nitrogen and oxygen atoms in total. The summed E-state index contributed by atoms with van der Waals surface area (Å²) in [6.07, 6.45) is 2.85. The lowest BCUT2D eigenvalue weighted by Crippen LogP contribution is -2.39. The Morgan fingerprint density at radius 2 is 1.79 bits per heavy atom. The van der Waals surface area contributed by atoms with Crippen molar-refractivity contribution in [3.05, 3.63) is 0 Å². The van der Waals surface area contributed by atoms with Crippen LogP contribution in [0.4, 0.5) is 0 Å². The van der Waals surface area contributed by atoms with Gasteiger partial charge in [-0.05, 0) is 27.3 Å². The Bertz CT molecular complexity index is 237. The van der Waals surface area contributed by atoms with E-state index in [1.807, 2.05) is 6.92 Å². The Morgan fingerprint density at radius 1 is 1.21 bits per heavy atom. The first-order chi connectivity index (χ1) is 6.45. The number of hydrogen-bond donors (Lipinski definition) is 1. The van der Waals surface area contributed by atoms with Crippen molar-refractivity contribution in [1.29, 1.82) is 0 Å². The van der Waals surface area contributed by atoms with Crippen molar-refractivity contribution >= 4 is 9.84 Å². The fourth-order valence-electron chi connectivity index (χ4n) is 1.28. The van der Waals surface area contributed by atoms with E-state index in [4.69, 9.17) is 0 Å². The molecule has 0 saturated heterocycles. The van der Waals surface area contributed by atoms with Gasteiger partial charge in [0.25, 0.3) is 0 Å². The second-order valence-corrected chi connectivity index (χ2v) is 6.33. The maximum absolute atomic E-state index is 11.8. The molecular formula is C10H23NO2S. The fourth-order valence-corrected chi connectivity index (χ4v) is 3.02. The summed E-state index contributed by atoms with van der Waals surface area (Å²) in [4.78, 5) is 0. The second kappa shape index (κ2) is 6.40. The first-order valence-corrected chi connectivity index (χ1v) is 7.06. The highest BCUT2D eigenvalue weighted by Crippen LogP contribution is 2.09. The van der Waals surface area contributed by atoms with E-state index in [1.165, 1.54) is 0 Å². The lowest BCUT2D eigenvalue weighted by molar-refractivity contribution is 0.536. The Kier molecular flexibility index (Phi) is 6.36. The van der Waals surface area contributed by atoms with Crippen LogP contribution in [-0.4, -0.2) is 32.5 Å². The van der Waals surface area contributed by atoms with Gasteiger partial charge in [-0.25, -0.2) is 8.42 Å².